The molecule has 0 saturated carbocycles. The second-order valence-corrected chi connectivity index (χ2v) is 6.89. The van der Waals surface area contributed by atoms with Gasteiger partial charge in [-0.1, -0.05) is 12.1 Å². The molecule has 0 bridgehead atoms. The third kappa shape index (κ3) is 3.84. The Morgan fingerprint density at radius 2 is 2.03 bits per heavy atom. The number of halogens is 3. The monoisotopic (exact) mass is 406 g/mol. The number of hydrogen-bond acceptors (Lipinski definition) is 5. The quantitative estimate of drug-likeness (QED) is 0.707. The average molecular weight is 406 g/mol. The van der Waals surface area contributed by atoms with Crippen molar-refractivity contribution < 1.29 is 18.0 Å². The van der Waals surface area contributed by atoms with Gasteiger partial charge in [0.1, 0.15) is 12.4 Å². The minimum absolute atomic E-state index is 0.0122. The van der Waals surface area contributed by atoms with E-state index < -0.39 is 18.0 Å². The molecule has 3 heterocycles. The van der Waals surface area contributed by atoms with Gasteiger partial charge in [-0.3, -0.25) is 14.2 Å². The number of carbonyl (C=O) groups is 1. The molecule has 4 rings (SSSR count). The molecule has 8 nitrogen and oxygen atoms in total. The van der Waals surface area contributed by atoms with Crippen LogP contribution < -0.4 is 10.9 Å². The summed E-state index contributed by atoms with van der Waals surface area (Å²) >= 11 is 0. The van der Waals surface area contributed by atoms with Crippen LogP contribution in [0.25, 0.3) is 10.9 Å². The van der Waals surface area contributed by atoms with Gasteiger partial charge >= 0.3 is 6.18 Å². The molecule has 1 aliphatic heterocycles. The van der Waals surface area contributed by atoms with Gasteiger partial charge in [-0.2, -0.15) is 13.2 Å². The minimum atomic E-state index is -4.26. The van der Waals surface area contributed by atoms with Crippen molar-refractivity contribution >= 4 is 16.8 Å². The van der Waals surface area contributed by atoms with Crippen molar-refractivity contribution in [2.45, 2.75) is 38.7 Å². The third-order valence-electron chi connectivity index (χ3n) is 4.99. The van der Waals surface area contributed by atoms with Gasteiger partial charge in [-0.05, 0) is 18.6 Å². The van der Waals surface area contributed by atoms with E-state index in [2.05, 4.69) is 20.5 Å². The van der Waals surface area contributed by atoms with E-state index in [1.807, 2.05) is 0 Å². The topological polar surface area (TPSA) is 94.7 Å². The molecule has 11 heteroatoms. The predicted molar refractivity (Wildman–Crippen MR) is 95.7 cm³/mol. The smallest absolute Gasteiger partial charge is 0.347 e. The fourth-order valence-corrected chi connectivity index (χ4v) is 3.41. The molecule has 0 spiro atoms. The van der Waals surface area contributed by atoms with Crippen LogP contribution in [0.15, 0.2) is 35.4 Å². The highest BCUT2D eigenvalue weighted by Crippen LogP contribution is 2.34. The van der Waals surface area contributed by atoms with Crippen LogP contribution in [0, 0.1) is 5.92 Å². The number of amides is 1. The van der Waals surface area contributed by atoms with E-state index in [-0.39, 0.29) is 43.9 Å². The van der Waals surface area contributed by atoms with Crippen LogP contribution in [0.2, 0.25) is 0 Å². The number of nitrogens with one attached hydrogen (secondary N) is 1. The van der Waals surface area contributed by atoms with Gasteiger partial charge in [0, 0.05) is 13.0 Å². The molecule has 1 aromatic carbocycles. The summed E-state index contributed by atoms with van der Waals surface area (Å²) in [5.41, 5.74) is 0.213. The summed E-state index contributed by atoms with van der Waals surface area (Å²) in [5.74, 6) is -1.21. The molecule has 29 heavy (non-hydrogen) atoms. The van der Waals surface area contributed by atoms with E-state index in [1.54, 1.807) is 28.8 Å². The maximum atomic E-state index is 12.9. The van der Waals surface area contributed by atoms with Crippen LogP contribution in [-0.2, 0) is 30.8 Å². The third-order valence-corrected chi connectivity index (χ3v) is 4.99. The van der Waals surface area contributed by atoms with Crippen LogP contribution >= 0.6 is 0 Å². The van der Waals surface area contributed by atoms with Gasteiger partial charge in [0.15, 0.2) is 5.82 Å². The molecule has 0 unspecified atom stereocenters. The number of aromatic nitrogens is 5. The van der Waals surface area contributed by atoms with Crippen molar-refractivity contribution in [3.63, 3.8) is 0 Å². The Kier molecular flexibility index (Phi) is 4.81. The summed E-state index contributed by atoms with van der Waals surface area (Å²) in [6, 6.07) is 6.82. The van der Waals surface area contributed by atoms with Crippen LogP contribution in [0.4, 0.5) is 13.2 Å². The van der Waals surface area contributed by atoms with Crippen LogP contribution in [0.3, 0.4) is 0 Å². The van der Waals surface area contributed by atoms with Crippen molar-refractivity contribution in [2.75, 3.05) is 0 Å². The molecule has 2 aromatic heterocycles. The lowest BCUT2D eigenvalue weighted by Gasteiger charge is -2.25. The molecular formula is C18H17F3N6O2. The van der Waals surface area contributed by atoms with Gasteiger partial charge in [-0.25, -0.2) is 4.98 Å². The van der Waals surface area contributed by atoms with Gasteiger partial charge in [-0.15, -0.1) is 10.2 Å². The Bertz CT molecular complexity index is 1120. The summed E-state index contributed by atoms with van der Waals surface area (Å²) in [5, 5.41) is 10.8. The minimum Gasteiger partial charge on any atom is -0.347 e. The van der Waals surface area contributed by atoms with Gasteiger partial charge in [0.05, 0.1) is 29.7 Å². The van der Waals surface area contributed by atoms with E-state index in [4.69, 9.17) is 0 Å². The fraction of sp³-hybridized carbons (Fsp3) is 0.389. The number of carbonyl (C=O) groups excluding carboxylic acids is 1. The number of rotatable bonds is 4. The summed E-state index contributed by atoms with van der Waals surface area (Å²) in [4.78, 5) is 28.8. The largest absolute Gasteiger partial charge is 0.392 e. The van der Waals surface area contributed by atoms with E-state index >= 15 is 0 Å². The van der Waals surface area contributed by atoms with E-state index in [1.165, 1.54) is 10.9 Å². The van der Waals surface area contributed by atoms with Crippen molar-refractivity contribution in [3.05, 3.63) is 52.6 Å². The number of alkyl halides is 3. The SMILES string of the molecule is O=C(Cn1cnc2ccccc2c1=O)NCc1nnc2n1CC[C@@H](C(F)(F)F)C2. The second-order valence-electron chi connectivity index (χ2n) is 6.89. The first kappa shape index (κ1) is 19.1. The zero-order valence-corrected chi connectivity index (χ0v) is 15.2. The Hall–Kier alpha value is -3.24. The summed E-state index contributed by atoms with van der Waals surface area (Å²) in [7, 11) is 0. The van der Waals surface area contributed by atoms with Crippen LogP contribution in [-0.4, -0.2) is 36.4 Å². The molecule has 1 aliphatic rings. The Balaban J connectivity index is 1.41. The normalized spacial score (nSPS) is 16.6. The summed E-state index contributed by atoms with van der Waals surface area (Å²) in [6.45, 7) is -0.0716. The lowest BCUT2D eigenvalue weighted by atomic mass is 9.97. The first-order valence-electron chi connectivity index (χ1n) is 9.01. The predicted octanol–water partition coefficient (Wildman–Crippen LogP) is 1.43. The molecule has 1 N–H and O–H groups in total. The lowest BCUT2D eigenvalue weighted by molar-refractivity contribution is -0.179. The number of benzene rings is 1. The zero-order chi connectivity index (χ0) is 20.6. The standard InChI is InChI=1S/C18H17F3N6O2/c19-18(20,21)11-5-6-27-14(7-11)24-25-15(27)8-22-16(28)9-26-10-23-13-4-2-1-3-12(13)17(26)29/h1-4,10-11H,5-9H2,(H,22,28)/t11-/m1/s1. The Labute approximate surface area is 162 Å². The van der Waals surface area contributed by atoms with E-state index in [0.29, 0.717) is 16.7 Å². The highest BCUT2D eigenvalue weighted by molar-refractivity contribution is 5.78. The van der Waals surface area contributed by atoms with Crippen molar-refractivity contribution in [3.8, 4) is 0 Å². The maximum Gasteiger partial charge on any atom is 0.392 e. The van der Waals surface area contributed by atoms with E-state index in [0.717, 1.165) is 0 Å². The number of para-hydroxylation sites is 1. The maximum absolute atomic E-state index is 12.9. The molecule has 0 aliphatic carbocycles. The highest BCUT2D eigenvalue weighted by Gasteiger charge is 2.42. The first-order valence-corrected chi connectivity index (χ1v) is 9.01. The Morgan fingerprint density at radius 3 is 2.83 bits per heavy atom. The van der Waals surface area contributed by atoms with Crippen LogP contribution in [0.1, 0.15) is 18.1 Å². The van der Waals surface area contributed by atoms with Crippen molar-refractivity contribution in [1.82, 2.24) is 29.6 Å². The molecule has 1 amide bonds. The highest BCUT2D eigenvalue weighted by atomic mass is 19.4. The number of fused-ring (bicyclic) bond motifs is 2. The first-order chi connectivity index (χ1) is 13.8. The number of hydrogen-bond donors (Lipinski definition) is 1. The molecule has 152 valence electrons. The summed E-state index contributed by atoms with van der Waals surface area (Å²) < 4.78 is 41.5. The molecule has 0 radical (unpaired) electrons. The van der Waals surface area contributed by atoms with Gasteiger partial charge in [0.25, 0.3) is 5.56 Å². The molecule has 0 fully saturated rings. The van der Waals surface area contributed by atoms with Crippen molar-refractivity contribution in [2.24, 2.45) is 5.92 Å². The lowest BCUT2D eigenvalue weighted by Crippen LogP contribution is -2.34. The number of nitrogens with zero attached hydrogens (tertiary/aromatic N) is 5. The van der Waals surface area contributed by atoms with Gasteiger partial charge in [0.2, 0.25) is 5.91 Å². The van der Waals surface area contributed by atoms with E-state index in [9.17, 15) is 22.8 Å². The van der Waals surface area contributed by atoms with Gasteiger partial charge < -0.3 is 9.88 Å². The average Bonchev–Trinajstić information content (AvgIpc) is 3.10. The van der Waals surface area contributed by atoms with Crippen LogP contribution in [0.5, 0.6) is 0 Å². The second kappa shape index (κ2) is 7.30. The molecule has 3 aromatic rings. The molecule has 1 atom stereocenters. The Morgan fingerprint density at radius 1 is 1.24 bits per heavy atom. The fourth-order valence-electron chi connectivity index (χ4n) is 3.41. The summed E-state index contributed by atoms with van der Waals surface area (Å²) in [6.07, 6.45) is -3.22. The molecule has 0 saturated heterocycles. The van der Waals surface area contributed by atoms with Crippen molar-refractivity contribution in [1.29, 1.82) is 0 Å². The zero-order valence-electron chi connectivity index (χ0n) is 15.2. The molecular weight excluding hydrogens is 389 g/mol.